The van der Waals surface area contributed by atoms with E-state index in [4.69, 9.17) is 17.2 Å². The summed E-state index contributed by atoms with van der Waals surface area (Å²) in [7, 11) is 0. The SMILES string of the molecule is CCC(N)C1CCCCC1(N)N. The van der Waals surface area contributed by atoms with Crippen LogP contribution in [0.2, 0.25) is 0 Å². The van der Waals surface area contributed by atoms with Crippen LogP contribution >= 0.6 is 0 Å². The van der Waals surface area contributed by atoms with Crippen molar-refractivity contribution in [2.45, 2.75) is 50.7 Å². The van der Waals surface area contributed by atoms with Crippen molar-refractivity contribution >= 4 is 0 Å². The van der Waals surface area contributed by atoms with Gasteiger partial charge < -0.3 is 17.2 Å². The van der Waals surface area contributed by atoms with E-state index in [1.807, 2.05) is 0 Å². The highest BCUT2D eigenvalue weighted by Crippen LogP contribution is 2.30. The number of hydrogen-bond donors (Lipinski definition) is 3. The summed E-state index contributed by atoms with van der Waals surface area (Å²) in [5.74, 6) is 0.316. The summed E-state index contributed by atoms with van der Waals surface area (Å²) in [5.41, 5.74) is 17.4. The Morgan fingerprint density at radius 2 is 2.08 bits per heavy atom. The third-order valence-corrected chi connectivity index (χ3v) is 3.05. The standard InChI is InChI=1S/C9H21N3/c1-2-8(10)7-5-3-4-6-9(7,11)12/h7-8H,2-6,10-12H2,1H3. The summed E-state index contributed by atoms with van der Waals surface area (Å²) < 4.78 is 0. The molecule has 0 amide bonds. The maximum absolute atomic E-state index is 6.00. The second kappa shape index (κ2) is 3.73. The Labute approximate surface area is 74.7 Å². The molecule has 0 heterocycles. The summed E-state index contributed by atoms with van der Waals surface area (Å²) >= 11 is 0. The lowest BCUT2D eigenvalue weighted by atomic mass is 9.75. The fraction of sp³-hybridized carbons (Fsp3) is 1.00. The molecule has 72 valence electrons. The zero-order chi connectivity index (χ0) is 9.19. The molecule has 0 spiro atoms. The van der Waals surface area contributed by atoms with E-state index in [0.29, 0.717) is 5.92 Å². The van der Waals surface area contributed by atoms with E-state index < -0.39 is 5.66 Å². The van der Waals surface area contributed by atoms with Crippen LogP contribution in [0.15, 0.2) is 0 Å². The van der Waals surface area contributed by atoms with Crippen LogP contribution in [0.4, 0.5) is 0 Å². The summed E-state index contributed by atoms with van der Waals surface area (Å²) in [5, 5.41) is 0. The molecule has 6 N–H and O–H groups in total. The van der Waals surface area contributed by atoms with Crippen LogP contribution in [0.3, 0.4) is 0 Å². The molecule has 1 fully saturated rings. The van der Waals surface area contributed by atoms with Crippen LogP contribution in [-0.4, -0.2) is 11.7 Å². The first-order valence-corrected chi connectivity index (χ1v) is 4.91. The van der Waals surface area contributed by atoms with Crippen LogP contribution < -0.4 is 17.2 Å². The first-order chi connectivity index (χ1) is 5.58. The zero-order valence-corrected chi connectivity index (χ0v) is 7.92. The van der Waals surface area contributed by atoms with Gasteiger partial charge >= 0.3 is 0 Å². The van der Waals surface area contributed by atoms with Gasteiger partial charge in [0.2, 0.25) is 0 Å². The van der Waals surface area contributed by atoms with Gasteiger partial charge in [0.15, 0.2) is 0 Å². The number of hydrogen-bond acceptors (Lipinski definition) is 3. The van der Waals surface area contributed by atoms with Crippen LogP contribution in [0.25, 0.3) is 0 Å². The fourth-order valence-corrected chi connectivity index (χ4v) is 2.15. The van der Waals surface area contributed by atoms with E-state index in [1.54, 1.807) is 0 Å². The minimum absolute atomic E-state index is 0.181. The first-order valence-electron chi connectivity index (χ1n) is 4.91. The molecular weight excluding hydrogens is 150 g/mol. The van der Waals surface area contributed by atoms with Gasteiger partial charge in [-0.3, -0.25) is 0 Å². The largest absolute Gasteiger partial charge is 0.327 e. The lowest BCUT2D eigenvalue weighted by Crippen LogP contribution is -2.61. The lowest BCUT2D eigenvalue weighted by Gasteiger charge is -2.41. The predicted molar refractivity (Wildman–Crippen MR) is 51.3 cm³/mol. The topological polar surface area (TPSA) is 78.1 Å². The molecule has 0 aliphatic heterocycles. The van der Waals surface area contributed by atoms with Crippen molar-refractivity contribution in [2.24, 2.45) is 23.1 Å². The van der Waals surface area contributed by atoms with Crippen LogP contribution in [0.5, 0.6) is 0 Å². The van der Waals surface area contributed by atoms with Gasteiger partial charge in [-0.15, -0.1) is 0 Å². The number of nitrogens with two attached hydrogens (primary N) is 3. The van der Waals surface area contributed by atoms with Crippen molar-refractivity contribution in [3.05, 3.63) is 0 Å². The molecule has 1 aliphatic carbocycles. The van der Waals surface area contributed by atoms with E-state index in [-0.39, 0.29) is 6.04 Å². The normalized spacial score (nSPS) is 31.5. The van der Waals surface area contributed by atoms with E-state index in [0.717, 1.165) is 25.7 Å². The van der Waals surface area contributed by atoms with Gasteiger partial charge in [-0.05, 0) is 19.3 Å². The molecule has 0 aromatic rings. The molecule has 1 aliphatic rings. The fourth-order valence-electron chi connectivity index (χ4n) is 2.15. The van der Waals surface area contributed by atoms with Gasteiger partial charge in [-0.2, -0.15) is 0 Å². The highest BCUT2D eigenvalue weighted by molar-refractivity contribution is 4.93. The summed E-state index contributed by atoms with van der Waals surface area (Å²) in [6.45, 7) is 2.09. The maximum atomic E-state index is 6.00. The number of rotatable bonds is 2. The molecule has 3 nitrogen and oxygen atoms in total. The van der Waals surface area contributed by atoms with Gasteiger partial charge in [-0.1, -0.05) is 19.8 Å². The lowest BCUT2D eigenvalue weighted by molar-refractivity contribution is 0.163. The smallest absolute Gasteiger partial charge is 0.0680 e. The molecule has 3 heteroatoms. The third kappa shape index (κ3) is 1.97. The van der Waals surface area contributed by atoms with Crippen molar-refractivity contribution in [3.8, 4) is 0 Å². The van der Waals surface area contributed by atoms with Crippen molar-refractivity contribution < 1.29 is 0 Å². The quantitative estimate of drug-likeness (QED) is 0.530. The van der Waals surface area contributed by atoms with E-state index >= 15 is 0 Å². The Kier molecular flexibility index (Phi) is 3.09. The molecule has 1 saturated carbocycles. The highest BCUT2D eigenvalue weighted by atomic mass is 15.0. The highest BCUT2D eigenvalue weighted by Gasteiger charge is 2.36. The van der Waals surface area contributed by atoms with Crippen molar-refractivity contribution in [2.75, 3.05) is 0 Å². The van der Waals surface area contributed by atoms with E-state index in [9.17, 15) is 0 Å². The van der Waals surface area contributed by atoms with Gasteiger partial charge in [0.25, 0.3) is 0 Å². The average Bonchev–Trinajstić information content (AvgIpc) is 2.02. The zero-order valence-electron chi connectivity index (χ0n) is 7.92. The Morgan fingerprint density at radius 3 is 2.58 bits per heavy atom. The Balaban J connectivity index is 2.59. The maximum Gasteiger partial charge on any atom is 0.0680 e. The molecule has 0 radical (unpaired) electrons. The van der Waals surface area contributed by atoms with Crippen molar-refractivity contribution in [3.63, 3.8) is 0 Å². The van der Waals surface area contributed by atoms with Crippen LogP contribution in [-0.2, 0) is 0 Å². The molecule has 2 unspecified atom stereocenters. The Hall–Kier alpha value is -0.120. The molecule has 0 bridgehead atoms. The summed E-state index contributed by atoms with van der Waals surface area (Å²) in [6, 6.07) is 0.181. The Morgan fingerprint density at radius 1 is 1.42 bits per heavy atom. The summed E-state index contributed by atoms with van der Waals surface area (Å²) in [4.78, 5) is 0. The molecule has 12 heavy (non-hydrogen) atoms. The monoisotopic (exact) mass is 171 g/mol. The average molecular weight is 171 g/mol. The van der Waals surface area contributed by atoms with Gasteiger partial charge in [0, 0.05) is 12.0 Å². The van der Waals surface area contributed by atoms with Gasteiger partial charge in [-0.25, -0.2) is 0 Å². The van der Waals surface area contributed by atoms with Gasteiger partial charge in [0.05, 0.1) is 5.66 Å². The van der Waals surface area contributed by atoms with E-state index in [1.165, 1.54) is 6.42 Å². The van der Waals surface area contributed by atoms with Crippen LogP contribution in [0.1, 0.15) is 39.0 Å². The van der Waals surface area contributed by atoms with Crippen LogP contribution in [0, 0.1) is 5.92 Å². The van der Waals surface area contributed by atoms with E-state index in [2.05, 4.69) is 6.92 Å². The van der Waals surface area contributed by atoms with Crippen molar-refractivity contribution in [1.29, 1.82) is 0 Å². The molecule has 0 aromatic carbocycles. The first kappa shape index (κ1) is 9.96. The minimum Gasteiger partial charge on any atom is -0.327 e. The molecule has 0 saturated heterocycles. The molecule has 0 aromatic heterocycles. The summed E-state index contributed by atoms with van der Waals surface area (Å²) in [6.07, 6.45) is 5.38. The second-order valence-electron chi connectivity index (χ2n) is 4.04. The minimum atomic E-state index is -0.506. The molecule has 2 atom stereocenters. The molecular formula is C9H21N3. The Bertz CT molecular complexity index is 145. The molecule has 1 rings (SSSR count). The second-order valence-corrected chi connectivity index (χ2v) is 4.04. The van der Waals surface area contributed by atoms with Crippen molar-refractivity contribution in [1.82, 2.24) is 0 Å². The predicted octanol–water partition coefficient (Wildman–Crippen LogP) is 0.528. The third-order valence-electron chi connectivity index (χ3n) is 3.05. The van der Waals surface area contributed by atoms with Gasteiger partial charge in [0.1, 0.15) is 0 Å².